The van der Waals surface area contributed by atoms with Crippen LogP contribution >= 0.6 is 11.6 Å². The standard InChI is InChI=1S/C31H43ClN6O2/c1-19(2)15-37(16-20(3)4)13-11-12-23-17-38(18-24-22(6)26(40-10)21(5)14-33-24)28-25(23)27(32)34-30(35-28)36-29(39)31(7,8)9/h14,17,19-20H,13,15-16,18H2,1-10H3,(H,34,35,36,39). The summed E-state index contributed by atoms with van der Waals surface area (Å²) in [6.45, 7) is 21.4. The molecule has 1 N–H and O–H groups in total. The Morgan fingerprint density at radius 2 is 1.80 bits per heavy atom. The maximum absolute atomic E-state index is 12.7. The van der Waals surface area contributed by atoms with Gasteiger partial charge in [0.1, 0.15) is 16.5 Å². The van der Waals surface area contributed by atoms with Gasteiger partial charge in [-0.05, 0) is 25.7 Å². The predicted octanol–water partition coefficient (Wildman–Crippen LogP) is 6.10. The number of methoxy groups -OCH3 is 1. The van der Waals surface area contributed by atoms with E-state index in [9.17, 15) is 4.79 Å². The van der Waals surface area contributed by atoms with Gasteiger partial charge in [-0.3, -0.25) is 20.0 Å². The molecule has 0 fully saturated rings. The zero-order chi connectivity index (χ0) is 29.8. The number of fused-ring (bicyclic) bond motifs is 1. The largest absolute Gasteiger partial charge is 0.496 e. The van der Waals surface area contributed by atoms with Gasteiger partial charge in [-0.25, -0.2) is 0 Å². The number of aryl methyl sites for hydroxylation is 1. The van der Waals surface area contributed by atoms with E-state index in [4.69, 9.17) is 21.3 Å². The SMILES string of the molecule is COc1c(C)cnc(Cn2cc(C#CCN(CC(C)C)CC(C)C)c3c(Cl)nc(NC(=O)C(C)(C)C)nc32)c1C. The van der Waals surface area contributed by atoms with Crippen molar-refractivity contribution in [1.29, 1.82) is 0 Å². The Bertz CT molecular complexity index is 1420. The number of pyridine rings is 1. The van der Waals surface area contributed by atoms with E-state index >= 15 is 0 Å². The first-order chi connectivity index (χ1) is 18.7. The van der Waals surface area contributed by atoms with Crippen LogP contribution in [0.2, 0.25) is 5.15 Å². The van der Waals surface area contributed by atoms with Crippen LogP contribution < -0.4 is 10.1 Å². The van der Waals surface area contributed by atoms with Gasteiger partial charge in [0.2, 0.25) is 11.9 Å². The minimum Gasteiger partial charge on any atom is -0.496 e. The molecule has 3 aromatic heterocycles. The van der Waals surface area contributed by atoms with Crippen LogP contribution in [0.1, 0.15) is 70.9 Å². The molecule has 0 saturated heterocycles. The summed E-state index contributed by atoms with van der Waals surface area (Å²) < 4.78 is 7.58. The number of nitrogens with zero attached hydrogens (tertiary/aromatic N) is 5. The van der Waals surface area contributed by atoms with Crippen molar-refractivity contribution in [1.82, 2.24) is 24.4 Å². The third-order valence-electron chi connectivity index (χ3n) is 6.42. The molecule has 0 atom stereocenters. The fourth-order valence-electron chi connectivity index (χ4n) is 4.58. The number of rotatable bonds is 9. The third-order valence-corrected chi connectivity index (χ3v) is 6.69. The molecule has 0 aliphatic carbocycles. The van der Waals surface area contributed by atoms with E-state index in [1.807, 2.05) is 51.6 Å². The second-order valence-electron chi connectivity index (χ2n) is 12.2. The van der Waals surface area contributed by atoms with Gasteiger partial charge >= 0.3 is 0 Å². The van der Waals surface area contributed by atoms with Crippen molar-refractivity contribution in [2.45, 2.75) is 68.9 Å². The highest BCUT2D eigenvalue weighted by molar-refractivity contribution is 6.34. The van der Waals surface area contributed by atoms with Crippen LogP contribution in [0.3, 0.4) is 0 Å². The number of amides is 1. The van der Waals surface area contributed by atoms with E-state index in [1.54, 1.807) is 7.11 Å². The van der Waals surface area contributed by atoms with Crippen molar-refractivity contribution < 1.29 is 9.53 Å². The first-order valence-corrected chi connectivity index (χ1v) is 14.2. The Hall–Kier alpha value is -3.15. The number of halogens is 1. The number of hydrogen-bond acceptors (Lipinski definition) is 6. The molecule has 40 heavy (non-hydrogen) atoms. The summed E-state index contributed by atoms with van der Waals surface area (Å²) in [5.41, 5.74) is 3.47. The Balaban J connectivity index is 2.10. The summed E-state index contributed by atoms with van der Waals surface area (Å²) >= 11 is 6.73. The molecule has 0 radical (unpaired) electrons. The second kappa shape index (κ2) is 13.0. The van der Waals surface area contributed by atoms with Crippen molar-refractivity contribution in [2.24, 2.45) is 17.3 Å². The van der Waals surface area contributed by atoms with Crippen LogP contribution in [0.4, 0.5) is 5.95 Å². The zero-order valence-electron chi connectivity index (χ0n) is 25.6. The fourth-order valence-corrected chi connectivity index (χ4v) is 4.84. The Kier molecular flexibility index (Phi) is 10.2. The summed E-state index contributed by atoms with van der Waals surface area (Å²) in [6, 6.07) is 0. The van der Waals surface area contributed by atoms with Crippen LogP contribution in [0.25, 0.3) is 11.0 Å². The summed E-state index contributed by atoms with van der Waals surface area (Å²) in [5, 5.41) is 3.70. The minimum absolute atomic E-state index is 0.155. The van der Waals surface area contributed by atoms with Gasteiger partial charge in [0.15, 0.2) is 0 Å². The highest BCUT2D eigenvalue weighted by Gasteiger charge is 2.24. The van der Waals surface area contributed by atoms with Crippen LogP contribution in [0.15, 0.2) is 12.4 Å². The average Bonchev–Trinajstić information content (AvgIpc) is 3.17. The Labute approximate surface area is 243 Å². The minimum atomic E-state index is -0.610. The quantitative estimate of drug-likeness (QED) is 0.249. The van der Waals surface area contributed by atoms with E-state index in [1.165, 1.54) is 0 Å². The van der Waals surface area contributed by atoms with Gasteiger partial charge < -0.3 is 9.30 Å². The predicted molar refractivity (Wildman–Crippen MR) is 163 cm³/mol. The summed E-state index contributed by atoms with van der Waals surface area (Å²) in [5.74, 6) is 8.56. The molecular weight excluding hydrogens is 524 g/mol. The second-order valence-corrected chi connectivity index (χ2v) is 12.6. The molecule has 3 heterocycles. The summed E-state index contributed by atoms with van der Waals surface area (Å²) in [7, 11) is 1.66. The highest BCUT2D eigenvalue weighted by atomic mass is 35.5. The molecule has 8 nitrogen and oxygen atoms in total. The van der Waals surface area contributed by atoms with Crippen LogP contribution in [0, 0.1) is 42.9 Å². The van der Waals surface area contributed by atoms with E-state index in [-0.39, 0.29) is 17.0 Å². The molecule has 3 rings (SSSR count). The maximum Gasteiger partial charge on any atom is 0.232 e. The molecule has 0 saturated carbocycles. The molecule has 9 heteroatoms. The molecule has 0 bridgehead atoms. The number of hydrogen-bond donors (Lipinski definition) is 1. The molecule has 3 aromatic rings. The molecule has 0 spiro atoms. The van der Waals surface area contributed by atoms with Gasteiger partial charge in [-0.2, -0.15) is 9.97 Å². The lowest BCUT2D eigenvalue weighted by molar-refractivity contribution is -0.123. The summed E-state index contributed by atoms with van der Waals surface area (Å²) in [6.07, 6.45) is 3.75. The number of carbonyl (C=O) groups excluding carboxylic acids is 1. The molecule has 0 aromatic carbocycles. The lowest BCUT2D eigenvalue weighted by Gasteiger charge is -2.23. The number of nitrogens with one attached hydrogen (secondary N) is 1. The van der Waals surface area contributed by atoms with E-state index in [0.29, 0.717) is 36.0 Å². The number of anilines is 1. The third kappa shape index (κ3) is 7.74. The van der Waals surface area contributed by atoms with E-state index in [2.05, 4.69) is 59.7 Å². The lowest BCUT2D eigenvalue weighted by atomic mass is 9.96. The maximum atomic E-state index is 12.7. The van der Waals surface area contributed by atoms with E-state index in [0.717, 1.165) is 41.2 Å². The number of aromatic nitrogens is 4. The van der Waals surface area contributed by atoms with Crippen molar-refractivity contribution in [3.8, 4) is 17.6 Å². The Morgan fingerprint density at radius 3 is 2.38 bits per heavy atom. The average molecular weight is 567 g/mol. The van der Waals surface area contributed by atoms with Gasteiger partial charge in [-0.15, -0.1) is 0 Å². The summed E-state index contributed by atoms with van der Waals surface area (Å²) in [4.78, 5) is 28.9. The van der Waals surface area contributed by atoms with Crippen LogP contribution in [-0.4, -0.2) is 57.1 Å². The van der Waals surface area contributed by atoms with Gasteiger partial charge in [0.05, 0.1) is 36.8 Å². The molecule has 0 aliphatic rings. The molecule has 0 aliphatic heterocycles. The normalized spacial score (nSPS) is 11.8. The van der Waals surface area contributed by atoms with Crippen molar-refractivity contribution in [2.75, 3.05) is 32.1 Å². The van der Waals surface area contributed by atoms with Gasteiger partial charge in [0, 0.05) is 42.0 Å². The molecule has 1 amide bonds. The van der Waals surface area contributed by atoms with Crippen LogP contribution in [-0.2, 0) is 11.3 Å². The van der Waals surface area contributed by atoms with Gasteiger partial charge in [-0.1, -0.05) is 71.9 Å². The number of ether oxygens (including phenoxy) is 1. The van der Waals surface area contributed by atoms with E-state index < -0.39 is 5.41 Å². The number of carbonyl (C=O) groups is 1. The van der Waals surface area contributed by atoms with Crippen molar-refractivity contribution >= 4 is 34.5 Å². The van der Waals surface area contributed by atoms with Crippen molar-refractivity contribution in [3.05, 3.63) is 39.9 Å². The highest BCUT2D eigenvalue weighted by Crippen LogP contribution is 2.30. The lowest BCUT2D eigenvalue weighted by Crippen LogP contribution is -2.31. The molecule has 216 valence electrons. The van der Waals surface area contributed by atoms with Gasteiger partial charge in [0.25, 0.3) is 0 Å². The first-order valence-electron chi connectivity index (χ1n) is 13.8. The molecule has 0 unspecified atom stereocenters. The zero-order valence-corrected chi connectivity index (χ0v) is 26.3. The van der Waals surface area contributed by atoms with Crippen LogP contribution in [0.5, 0.6) is 5.75 Å². The smallest absolute Gasteiger partial charge is 0.232 e. The first kappa shape index (κ1) is 31.4. The fraction of sp³-hybridized carbons (Fsp3) is 0.548. The topological polar surface area (TPSA) is 85.2 Å². The van der Waals surface area contributed by atoms with Crippen molar-refractivity contribution in [3.63, 3.8) is 0 Å². The monoisotopic (exact) mass is 566 g/mol. The Morgan fingerprint density at radius 1 is 1.15 bits per heavy atom. The molecular formula is C31H43ClN6O2.